The van der Waals surface area contributed by atoms with Crippen LogP contribution in [-0.2, 0) is 9.53 Å². The average Bonchev–Trinajstić information content (AvgIpc) is 2.45. The highest BCUT2D eigenvalue weighted by Crippen LogP contribution is 2.48. The number of ketones is 1. The molecule has 0 aromatic heterocycles. The molecular formula is C18H17BrN2O2. The predicted molar refractivity (Wildman–Crippen MR) is 89.8 cm³/mol. The molecule has 2 aliphatic rings. The Labute approximate surface area is 143 Å². The number of hydrogen-bond donors (Lipinski definition) is 1. The van der Waals surface area contributed by atoms with Gasteiger partial charge in [0.25, 0.3) is 0 Å². The van der Waals surface area contributed by atoms with Gasteiger partial charge in [0.1, 0.15) is 17.4 Å². The van der Waals surface area contributed by atoms with Gasteiger partial charge in [0.15, 0.2) is 5.78 Å². The van der Waals surface area contributed by atoms with Crippen molar-refractivity contribution in [2.75, 3.05) is 0 Å². The number of hydrogen-bond acceptors (Lipinski definition) is 4. The molecule has 5 heteroatoms. The van der Waals surface area contributed by atoms with Crippen LogP contribution in [0.1, 0.15) is 38.2 Å². The van der Waals surface area contributed by atoms with Gasteiger partial charge in [0.2, 0.25) is 5.88 Å². The number of Topliss-reactive ketones (excluding diaryl/α,β-unsaturated/α-hetero) is 1. The minimum Gasteiger partial charge on any atom is -0.444 e. The molecule has 2 N–H and O–H groups in total. The molecule has 1 aromatic rings. The topological polar surface area (TPSA) is 76.1 Å². The standard InChI is InChI=1S/C18H17BrN2O2/c1-18(2)7-13(22)16-14(8-18)23-17(21)11(9-20)15(16)10-5-3-4-6-12(10)19/h3-6,15H,7-8,21H2,1-2H3/t15-/m0/s1. The first-order valence-electron chi connectivity index (χ1n) is 7.42. The van der Waals surface area contributed by atoms with Crippen LogP contribution in [0.3, 0.4) is 0 Å². The van der Waals surface area contributed by atoms with E-state index in [1.165, 1.54) is 0 Å². The maximum Gasteiger partial charge on any atom is 0.205 e. The van der Waals surface area contributed by atoms with Gasteiger partial charge in [0, 0.05) is 22.9 Å². The molecule has 4 nitrogen and oxygen atoms in total. The van der Waals surface area contributed by atoms with Crippen molar-refractivity contribution < 1.29 is 9.53 Å². The van der Waals surface area contributed by atoms with Crippen LogP contribution in [0.25, 0.3) is 0 Å². The Morgan fingerprint density at radius 2 is 2.04 bits per heavy atom. The predicted octanol–water partition coefficient (Wildman–Crippen LogP) is 3.90. The normalized spacial score (nSPS) is 23.2. The lowest BCUT2D eigenvalue weighted by atomic mass is 9.70. The van der Waals surface area contributed by atoms with E-state index in [0.29, 0.717) is 29.7 Å². The first-order chi connectivity index (χ1) is 10.8. The number of allylic oxidation sites excluding steroid dienone is 3. The summed E-state index contributed by atoms with van der Waals surface area (Å²) in [6, 6.07) is 9.71. The maximum atomic E-state index is 12.8. The molecule has 0 radical (unpaired) electrons. The molecule has 1 aliphatic carbocycles. The first-order valence-corrected chi connectivity index (χ1v) is 8.21. The molecule has 0 bridgehead atoms. The maximum absolute atomic E-state index is 12.8. The highest BCUT2D eigenvalue weighted by molar-refractivity contribution is 9.10. The Kier molecular flexibility index (Phi) is 3.81. The highest BCUT2D eigenvalue weighted by atomic mass is 79.9. The second-order valence-corrected chi connectivity index (χ2v) is 7.58. The summed E-state index contributed by atoms with van der Waals surface area (Å²) in [4.78, 5) is 12.8. The lowest BCUT2D eigenvalue weighted by molar-refractivity contribution is -0.119. The van der Waals surface area contributed by atoms with E-state index in [2.05, 4.69) is 22.0 Å². The van der Waals surface area contributed by atoms with Crippen LogP contribution in [0.5, 0.6) is 0 Å². The van der Waals surface area contributed by atoms with E-state index in [-0.39, 0.29) is 17.1 Å². The van der Waals surface area contributed by atoms with Gasteiger partial charge in [-0.1, -0.05) is 48.0 Å². The number of rotatable bonds is 1. The van der Waals surface area contributed by atoms with E-state index in [4.69, 9.17) is 10.5 Å². The summed E-state index contributed by atoms with van der Waals surface area (Å²) in [6.45, 7) is 4.07. The van der Waals surface area contributed by atoms with Crippen molar-refractivity contribution in [3.63, 3.8) is 0 Å². The number of nitriles is 1. The lowest BCUT2D eigenvalue weighted by Crippen LogP contribution is -2.33. The number of halogens is 1. The fraction of sp³-hybridized carbons (Fsp3) is 0.333. The molecule has 0 fully saturated rings. The van der Waals surface area contributed by atoms with Crippen molar-refractivity contribution in [3.8, 4) is 6.07 Å². The number of carbonyl (C=O) groups excluding carboxylic acids is 1. The van der Waals surface area contributed by atoms with Crippen molar-refractivity contribution in [1.29, 1.82) is 5.26 Å². The van der Waals surface area contributed by atoms with E-state index in [1.54, 1.807) is 0 Å². The molecule has 0 saturated carbocycles. The van der Waals surface area contributed by atoms with E-state index >= 15 is 0 Å². The Morgan fingerprint density at radius 3 is 2.70 bits per heavy atom. The Balaban J connectivity index is 2.22. The summed E-state index contributed by atoms with van der Waals surface area (Å²) in [7, 11) is 0. The summed E-state index contributed by atoms with van der Waals surface area (Å²) in [5.41, 5.74) is 7.54. The third kappa shape index (κ3) is 2.68. The third-order valence-corrected chi connectivity index (χ3v) is 5.01. The molecule has 1 aromatic carbocycles. The zero-order valence-electron chi connectivity index (χ0n) is 13.0. The number of carbonyl (C=O) groups is 1. The van der Waals surface area contributed by atoms with Gasteiger partial charge in [-0.3, -0.25) is 4.79 Å². The van der Waals surface area contributed by atoms with Crippen LogP contribution in [-0.4, -0.2) is 5.78 Å². The van der Waals surface area contributed by atoms with Crippen LogP contribution in [0.4, 0.5) is 0 Å². The van der Waals surface area contributed by atoms with Gasteiger partial charge >= 0.3 is 0 Å². The van der Waals surface area contributed by atoms with Crippen LogP contribution >= 0.6 is 15.9 Å². The van der Waals surface area contributed by atoms with E-state index in [9.17, 15) is 10.1 Å². The van der Waals surface area contributed by atoms with Gasteiger partial charge < -0.3 is 10.5 Å². The van der Waals surface area contributed by atoms with Crippen molar-refractivity contribution in [1.82, 2.24) is 0 Å². The molecule has 118 valence electrons. The molecular weight excluding hydrogens is 356 g/mol. The van der Waals surface area contributed by atoms with Crippen LogP contribution < -0.4 is 5.73 Å². The second kappa shape index (κ2) is 5.54. The zero-order valence-corrected chi connectivity index (χ0v) is 14.6. The Morgan fingerprint density at radius 1 is 1.35 bits per heavy atom. The monoisotopic (exact) mass is 372 g/mol. The van der Waals surface area contributed by atoms with Crippen LogP contribution in [0, 0.1) is 16.7 Å². The van der Waals surface area contributed by atoms with Crippen molar-refractivity contribution >= 4 is 21.7 Å². The minimum atomic E-state index is -0.470. The fourth-order valence-corrected chi connectivity index (χ4v) is 3.82. The van der Waals surface area contributed by atoms with Crippen LogP contribution in [0.15, 0.2) is 51.5 Å². The van der Waals surface area contributed by atoms with E-state index < -0.39 is 5.92 Å². The first kappa shape index (κ1) is 15.8. The molecule has 23 heavy (non-hydrogen) atoms. The quantitative estimate of drug-likeness (QED) is 0.810. The largest absolute Gasteiger partial charge is 0.444 e. The Bertz CT molecular complexity index is 799. The summed E-state index contributed by atoms with van der Waals surface area (Å²) in [6.07, 6.45) is 1.07. The minimum absolute atomic E-state index is 0.0252. The molecule has 1 aliphatic heterocycles. The SMILES string of the molecule is CC1(C)CC(=O)C2=C(C1)OC(N)=C(C#N)[C@@H]2c1ccccc1Br. The van der Waals surface area contributed by atoms with E-state index in [0.717, 1.165) is 10.0 Å². The van der Waals surface area contributed by atoms with Gasteiger partial charge in [-0.25, -0.2) is 0 Å². The molecule has 1 heterocycles. The fourth-order valence-electron chi connectivity index (χ4n) is 3.30. The number of nitrogens with zero attached hydrogens (tertiary/aromatic N) is 1. The smallest absolute Gasteiger partial charge is 0.205 e. The zero-order chi connectivity index (χ0) is 16.8. The van der Waals surface area contributed by atoms with Gasteiger partial charge in [-0.2, -0.15) is 5.26 Å². The van der Waals surface area contributed by atoms with E-state index in [1.807, 2.05) is 38.1 Å². The van der Waals surface area contributed by atoms with Gasteiger partial charge in [0.05, 0.1) is 5.92 Å². The Hall–Kier alpha value is -2.06. The summed E-state index contributed by atoms with van der Waals surface area (Å²) in [5.74, 6) is 0.251. The summed E-state index contributed by atoms with van der Waals surface area (Å²) < 4.78 is 6.51. The summed E-state index contributed by atoms with van der Waals surface area (Å²) >= 11 is 3.52. The van der Waals surface area contributed by atoms with Crippen molar-refractivity contribution in [3.05, 3.63) is 57.1 Å². The third-order valence-electron chi connectivity index (χ3n) is 4.29. The second-order valence-electron chi connectivity index (χ2n) is 6.72. The molecule has 0 amide bonds. The van der Waals surface area contributed by atoms with Crippen LogP contribution in [0.2, 0.25) is 0 Å². The lowest BCUT2D eigenvalue weighted by Gasteiger charge is -2.37. The van der Waals surface area contributed by atoms with Crippen molar-refractivity contribution in [2.45, 2.75) is 32.6 Å². The molecule has 0 spiro atoms. The summed E-state index contributed by atoms with van der Waals surface area (Å²) in [5, 5.41) is 9.55. The molecule has 0 saturated heterocycles. The van der Waals surface area contributed by atoms with Gasteiger partial charge in [-0.15, -0.1) is 0 Å². The molecule has 0 unspecified atom stereocenters. The number of nitrogens with two attached hydrogens (primary N) is 1. The molecule has 1 atom stereocenters. The number of benzene rings is 1. The van der Waals surface area contributed by atoms with Crippen molar-refractivity contribution in [2.24, 2.45) is 11.1 Å². The number of ether oxygens (including phenoxy) is 1. The van der Waals surface area contributed by atoms with Gasteiger partial charge in [-0.05, 0) is 17.0 Å². The highest BCUT2D eigenvalue weighted by Gasteiger charge is 2.43. The molecule has 3 rings (SSSR count). The average molecular weight is 373 g/mol.